The molecule has 2 aromatic rings. The fourth-order valence-corrected chi connectivity index (χ4v) is 4.51. The van der Waals surface area contributed by atoms with E-state index >= 15 is 0 Å². The van der Waals surface area contributed by atoms with Crippen molar-refractivity contribution in [3.8, 4) is 10.6 Å². The van der Waals surface area contributed by atoms with Crippen molar-refractivity contribution in [2.24, 2.45) is 11.7 Å². The lowest BCUT2D eigenvalue weighted by Crippen LogP contribution is -2.28. The fraction of sp³-hybridized carbons (Fsp3) is 0.250. The minimum atomic E-state index is -0.432. The number of thiophene rings is 1. The highest BCUT2D eigenvalue weighted by Gasteiger charge is 2.35. The van der Waals surface area contributed by atoms with Crippen LogP contribution >= 0.6 is 38.6 Å². The number of halogens is 1. The predicted octanol–water partition coefficient (Wildman–Crippen LogP) is 2.47. The Labute approximate surface area is 131 Å². The summed E-state index contributed by atoms with van der Waals surface area (Å²) in [6, 6.07) is 1.96. The number of nitrogens with two attached hydrogens (primary N) is 1. The summed E-state index contributed by atoms with van der Waals surface area (Å²) in [5.41, 5.74) is 6.10. The molecule has 104 valence electrons. The van der Waals surface area contributed by atoms with Gasteiger partial charge in [0.1, 0.15) is 0 Å². The lowest BCUT2D eigenvalue weighted by atomic mass is 10.1. The van der Waals surface area contributed by atoms with Crippen LogP contribution in [0.2, 0.25) is 0 Å². The number of carbonyl (C=O) groups is 2. The third-order valence-corrected chi connectivity index (χ3v) is 5.82. The van der Waals surface area contributed by atoms with E-state index < -0.39 is 11.8 Å². The van der Waals surface area contributed by atoms with Crippen molar-refractivity contribution >= 4 is 55.5 Å². The molecule has 8 heteroatoms. The molecule has 0 aromatic carbocycles. The quantitative estimate of drug-likeness (QED) is 0.899. The van der Waals surface area contributed by atoms with Gasteiger partial charge in [0, 0.05) is 22.8 Å². The molecule has 20 heavy (non-hydrogen) atoms. The summed E-state index contributed by atoms with van der Waals surface area (Å²) in [6.45, 7) is 0.326. The molecule has 1 unspecified atom stereocenters. The minimum absolute atomic E-state index is 0.0973. The van der Waals surface area contributed by atoms with E-state index in [0.717, 1.165) is 15.0 Å². The topological polar surface area (TPSA) is 76.3 Å². The SMILES string of the molecule is NC(=O)C1CC(=O)N(c2nc(-c3sccc3Br)cs2)C1. The molecular weight excluding hydrogens is 362 g/mol. The van der Waals surface area contributed by atoms with Gasteiger partial charge in [0.15, 0.2) is 5.13 Å². The van der Waals surface area contributed by atoms with Crippen LogP contribution < -0.4 is 10.6 Å². The van der Waals surface area contributed by atoms with Gasteiger partial charge >= 0.3 is 0 Å². The third kappa shape index (κ3) is 2.38. The van der Waals surface area contributed by atoms with E-state index in [1.54, 1.807) is 16.2 Å². The van der Waals surface area contributed by atoms with Crippen molar-refractivity contribution in [1.29, 1.82) is 0 Å². The third-order valence-electron chi connectivity index (χ3n) is 3.10. The van der Waals surface area contributed by atoms with E-state index in [1.807, 2.05) is 16.8 Å². The Balaban J connectivity index is 1.86. The number of rotatable bonds is 3. The monoisotopic (exact) mass is 371 g/mol. The van der Waals surface area contributed by atoms with Gasteiger partial charge in [-0.25, -0.2) is 4.98 Å². The molecule has 2 amide bonds. The van der Waals surface area contributed by atoms with Crippen molar-refractivity contribution in [1.82, 2.24) is 4.98 Å². The molecule has 0 bridgehead atoms. The predicted molar refractivity (Wildman–Crippen MR) is 82.8 cm³/mol. The van der Waals surface area contributed by atoms with Crippen LogP contribution in [-0.2, 0) is 9.59 Å². The van der Waals surface area contributed by atoms with Crippen molar-refractivity contribution < 1.29 is 9.59 Å². The lowest BCUT2D eigenvalue weighted by molar-refractivity contribution is -0.123. The molecule has 0 aliphatic carbocycles. The van der Waals surface area contributed by atoms with Gasteiger partial charge in [-0.05, 0) is 27.4 Å². The molecule has 0 radical (unpaired) electrons. The highest BCUT2D eigenvalue weighted by Crippen LogP contribution is 2.37. The molecule has 0 spiro atoms. The number of anilines is 1. The molecule has 1 aliphatic heterocycles. The van der Waals surface area contributed by atoms with Crippen LogP contribution in [0.5, 0.6) is 0 Å². The largest absolute Gasteiger partial charge is 0.369 e. The second-order valence-corrected chi connectivity index (χ2v) is 7.03. The maximum absolute atomic E-state index is 11.9. The molecule has 2 N–H and O–H groups in total. The summed E-state index contributed by atoms with van der Waals surface area (Å²) in [5, 5.41) is 4.51. The molecule has 1 atom stereocenters. The van der Waals surface area contributed by atoms with E-state index in [4.69, 9.17) is 5.73 Å². The van der Waals surface area contributed by atoms with Gasteiger partial charge in [-0.3, -0.25) is 14.5 Å². The van der Waals surface area contributed by atoms with Crippen LogP contribution in [0.4, 0.5) is 5.13 Å². The zero-order chi connectivity index (χ0) is 14.3. The number of nitrogens with zero attached hydrogens (tertiary/aromatic N) is 2. The van der Waals surface area contributed by atoms with Gasteiger partial charge < -0.3 is 5.73 Å². The van der Waals surface area contributed by atoms with Gasteiger partial charge in [-0.15, -0.1) is 22.7 Å². The summed E-state index contributed by atoms with van der Waals surface area (Å²) in [7, 11) is 0. The van der Waals surface area contributed by atoms with Crippen molar-refractivity contribution in [2.75, 3.05) is 11.4 Å². The van der Waals surface area contributed by atoms with Crippen LogP contribution in [0.15, 0.2) is 21.3 Å². The Kier molecular flexibility index (Phi) is 3.61. The summed E-state index contributed by atoms with van der Waals surface area (Å²) in [6.07, 6.45) is 0.174. The van der Waals surface area contributed by atoms with Crippen LogP contribution in [0.25, 0.3) is 10.6 Å². The number of hydrogen-bond donors (Lipinski definition) is 1. The smallest absolute Gasteiger partial charge is 0.229 e. The molecule has 5 nitrogen and oxygen atoms in total. The Morgan fingerprint density at radius 1 is 1.50 bits per heavy atom. The molecule has 1 saturated heterocycles. The maximum Gasteiger partial charge on any atom is 0.229 e. The molecule has 1 aliphatic rings. The van der Waals surface area contributed by atoms with E-state index in [1.165, 1.54) is 11.3 Å². The molecular formula is C12H10BrN3O2S2. The van der Waals surface area contributed by atoms with Crippen molar-refractivity contribution in [2.45, 2.75) is 6.42 Å². The average molecular weight is 372 g/mol. The Hall–Kier alpha value is -1.25. The molecule has 3 rings (SSSR count). The first-order chi connectivity index (χ1) is 9.56. The van der Waals surface area contributed by atoms with E-state index in [2.05, 4.69) is 20.9 Å². The highest BCUT2D eigenvalue weighted by atomic mass is 79.9. The number of amides is 2. The first-order valence-electron chi connectivity index (χ1n) is 5.85. The Morgan fingerprint density at radius 3 is 2.90 bits per heavy atom. The Bertz CT molecular complexity index is 682. The first kappa shape index (κ1) is 13.7. The summed E-state index contributed by atoms with van der Waals surface area (Å²) in [5.74, 6) is -0.943. The van der Waals surface area contributed by atoms with E-state index in [0.29, 0.717) is 11.7 Å². The Morgan fingerprint density at radius 2 is 2.30 bits per heavy atom. The molecule has 1 fully saturated rings. The number of aromatic nitrogens is 1. The zero-order valence-electron chi connectivity index (χ0n) is 10.2. The summed E-state index contributed by atoms with van der Waals surface area (Å²) in [4.78, 5) is 30.2. The fourth-order valence-electron chi connectivity index (χ4n) is 2.05. The zero-order valence-corrected chi connectivity index (χ0v) is 13.4. The van der Waals surface area contributed by atoms with Gasteiger partial charge in [-0.2, -0.15) is 0 Å². The summed E-state index contributed by atoms with van der Waals surface area (Å²) < 4.78 is 0.988. The maximum atomic E-state index is 11.9. The van der Waals surface area contributed by atoms with Gasteiger partial charge in [0.25, 0.3) is 0 Å². The van der Waals surface area contributed by atoms with Gasteiger partial charge in [0.05, 0.1) is 16.5 Å². The van der Waals surface area contributed by atoms with E-state index in [-0.39, 0.29) is 12.3 Å². The number of hydrogen-bond acceptors (Lipinski definition) is 5. The molecule has 2 aromatic heterocycles. The van der Waals surface area contributed by atoms with Crippen molar-refractivity contribution in [3.05, 3.63) is 21.3 Å². The second kappa shape index (κ2) is 5.27. The number of thiazole rings is 1. The van der Waals surface area contributed by atoms with E-state index in [9.17, 15) is 9.59 Å². The van der Waals surface area contributed by atoms with Crippen molar-refractivity contribution in [3.63, 3.8) is 0 Å². The second-order valence-electron chi connectivity index (χ2n) is 4.42. The lowest BCUT2D eigenvalue weighted by Gasteiger charge is -2.11. The average Bonchev–Trinajstić information content (AvgIpc) is 3.07. The normalized spacial score (nSPS) is 18.8. The van der Waals surface area contributed by atoms with Gasteiger partial charge in [0.2, 0.25) is 11.8 Å². The highest BCUT2D eigenvalue weighted by molar-refractivity contribution is 9.10. The standard InChI is InChI=1S/C12H10BrN3O2S2/c13-7-1-2-19-10(7)8-5-20-12(15-8)16-4-6(11(14)18)3-9(16)17/h1-2,5-6H,3-4H2,(H2,14,18). The van der Waals surface area contributed by atoms with Crippen LogP contribution in [0.3, 0.4) is 0 Å². The van der Waals surface area contributed by atoms with Crippen LogP contribution in [0.1, 0.15) is 6.42 Å². The van der Waals surface area contributed by atoms with Gasteiger partial charge in [-0.1, -0.05) is 0 Å². The minimum Gasteiger partial charge on any atom is -0.369 e. The van der Waals surface area contributed by atoms with Crippen LogP contribution in [0, 0.1) is 5.92 Å². The number of primary amides is 1. The van der Waals surface area contributed by atoms with Crippen LogP contribution in [-0.4, -0.2) is 23.3 Å². The first-order valence-corrected chi connectivity index (χ1v) is 8.40. The number of carbonyl (C=O) groups excluding carboxylic acids is 2. The molecule has 0 saturated carbocycles. The summed E-state index contributed by atoms with van der Waals surface area (Å²) >= 11 is 6.45. The molecule has 3 heterocycles.